The van der Waals surface area contributed by atoms with Crippen LogP contribution >= 0.6 is 0 Å². The lowest BCUT2D eigenvalue weighted by Crippen LogP contribution is -2.07. The highest BCUT2D eigenvalue weighted by Gasteiger charge is 2.31. The van der Waals surface area contributed by atoms with Crippen LogP contribution in [0.4, 0.5) is 0 Å². The van der Waals surface area contributed by atoms with Gasteiger partial charge >= 0.3 is 0 Å². The fraction of sp³-hybridized carbons (Fsp3) is 0.640. The summed E-state index contributed by atoms with van der Waals surface area (Å²) in [5.41, 5.74) is 16.0. The quantitative estimate of drug-likeness (QED) is 0.0527. The van der Waals surface area contributed by atoms with Gasteiger partial charge < -0.3 is 47.9 Å². The van der Waals surface area contributed by atoms with Crippen LogP contribution in [0.25, 0.3) is 45.1 Å². The van der Waals surface area contributed by atoms with E-state index in [1.807, 2.05) is 0 Å². The van der Waals surface area contributed by atoms with E-state index in [2.05, 4.69) is 249 Å². The first-order valence-electron chi connectivity index (χ1n) is 43.9. The van der Waals surface area contributed by atoms with Crippen molar-refractivity contribution in [2.24, 2.45) is 47.3 Å². The molecule has 2 aliphatic rings. The maximum absolute atomic E-state index is 7.32. The molecule has 0 radical (unpaired) electrons. The molecular weight excluding hydrogens is 1390 g/mol. The Balaban J connectivity index is 2.04. The zero-order chi connectivity index (χ0) is 82.1. The van der Waals surface area contributed by atoms with Gasteiger partial charge in [0.05, 0.1) is 74.9 Å². The van der Waals surface area contributed by atoms with Crippen molar-refractivity contribution in [1.29, 1.82) is 0 Å². The number of allylic oxidation sites excluding steroid dienone is 16. The van der Waals surface area contributed by atoms with Crippen LogP contribution in [0.15, 0.2) is 117 Å². The number of aromatic amines is 2. The van der Waals surface area contributed by atoms with E-state index in [9.17, 15) is 0 Å². The van der Waals surface area contributed by atoms with Crippen molar-refractivity contribution in [2.75, 3.05) is 52.9 Å². The third-order valence-corrected chi connectivity index (χ3v) is 21.4. The summed E-state index contributed by atoms with van der Waals surface area (Å²) < 4.78 is 58.4. The van der Waals surface area contributed by atoms with Gasteiger partial charge in [-0.2, -0.15) is 0 Å². The first kappa shape index (κ1) is 95.5. The SMILES string of the molecule is CC(C)=CCC[C@H](C)CCOC1=C(OCC[C@@H](C)CCC=C(C)C)c2cc3[nH]c(cc4[nH]c(cc5nc(cc1n2)C(OCC[C@@H](C)CCC=C(C)C)=C5OCC[C@@H](C)CCC=C(C)C)c(OCC[C@@H](C)CCC=C(C)C)c4OCC[C@@H](C)CCC=C(C)C)c(OCC[C@@H](C)CCC=C(C)C)c3OCC[C@@H](C)CCC=C(C)C. The van der Waals surface area contributed by atoms with Crippen molar-refractivity contribution < 1.29 is 37.9 Å². The Kier molecular flexibility index (Phi) is 44.7. The lowest BCUT2D eigenvalue weighted by molar-refractivity contribution is 0.217. The molecule has 112 heavy (non-hydrogen) atoms. The van der Waals surface area contributed by atoms with Crippen LogP contribution in [-0.2, 0) is 18.9 Å². The Hall–Kier alpha value is -7.08. The zero-order valence-corrected chi connectivity index (χ0v) is 75.3. The first-order valence-corrected chi connectivity index (χ1v) is 43.9. The van der Waals surface area contributed by atoms with Crippen molar-refractivity contribution in [2.45, 2.75) is 320 Å². The Morgan fingerprint density at radius 3 is 0.571 bits per heavy atom. The molecule has 0 unspecified atom stereocenters. The van der Waals surface area contributed by atoms with E-state index >= 15 is 0 Å². The van der Waals surface area contributed by atoms with Crippen molar-refractivity contribution >= 4 is 45.1 Å². The van der Waals surface area contributed by atoms with E-state index in [4.69, 9.17) is 47.9 Å². The van der Waals surface area contributed by atoms with Gasteiger partial charge in [0.25, 0.3) is 0 Å². The number of aromatic nitrogens is 4. The molecule has 0 aliphatic carbocycles. The molecule has 12 nitrogen and oxygen atoms in total. The Morgan fingerprint density at radius 1 is 0.232 bits per heavy atom. The fourth-order valence-electron chi connectivity index (χ4n) is 13.7. The lowest BCUT2D eigenvalue weighted by Gasteiger charge is -2.16. The molecule has 5 heterocycles. The highest BCUT2D eigenvalue weighted by molar-refractivity contribution is 5.92. The Bertz CT molecular complexity index is 3550. The highest BCUT2D eigenvalue weighted by atomic mass is 16.5. The Labute approximate surface area is 682 Å². The maximum Gasteiger partial charge on any atom is 0.189 e. The molecule has 3 aromatic rings. The summed E-state index contributed by atoms with van der Waals surface area (Å²) in [5.74, 6) is 8.03. The summed E-state index contributed by atoms with van der Waals surface area (Å²) >= 11 is 0. The third-order valence-electron chi connectivity index (χ3n) is 21.4. The molecule has 0 saturated carbocycles. The molecule has 3 aromatic heterocycles. The second-order valence-corrected chi connectivity index (χ2v) is 35.7. The molecule has 0 fully saturated rings. The number of nitrogens with zero attached hydrogens (tertiary/aromatic N) is 2. The minimum atomic E-state index is 0.402. The van der Waals surface area contributed by atoms with Crippen LogP contribution in [0, 0.1) is 47.3 Å². The van der Waals surface area contributed by atoms with Crippen molar-refractivity contribution in [3.05, 3.63) is 140 Å². The van der Waals surface area contributed by atoms with Gasteiger partial charge in [-0.3, -0.25) is 0 Å². The molecule has 2 N–H and O–H groups in total. The molecule has 0 aromatic carbocycles. The van der Waals surface area contributed by atoms with E-state index in [-0.39, 0.29) is 0 Å². The molecule has 2 aliphatic heterocycles. The summed E-state index contributed by atoms with van der Waals surface area (Å²) in [6.45, 7) is 57.3. The average molecular weight is 1540 g/mol. The molecule has 5 rings (SSSR count). The number of ether oxygens (including phenoxy) is 8. The van der Waals surface area contributed by atoms with Gasteiger partial charge in [-0.1, -0.05) is 149 Å². The summed E-state index contributed by atoms with van der Waals surface area (Å²) in [7, 11) is 0. The van der Waals surface area contributed by atoms with Gasteiger partial charge in [-0.05, 0) is 336 Å². The molecule has 626 valence electrons. The normalized spacial score (nSPS) is 14.1. The second-order valence-electron chi connectivity index (χ2n) is 35.7. The largest absolute Gasteiger partial charge is 0.488 e. The molecule has 0 spiro atoms. The topological polar surface area (TPSA) is 131 Å². The molecule has 0 saturated heterocycles. The predicted octanol–water partition coefficient (Wildman–Crippen LogP) is 29.7. The second kappa shape index (κ2) is 52.4. The zero-order valence-electron chi connectivity index (χ0n) is 75.3. The number of fused-ring (bicyclic) bond motifs is 8. The van der Waals surface area contributed by atoms with Crippen molar-refractivity contribution in [1.82, 2.24) is 19.9 Å². The van der Waals surface area contributed by atoms with Gasteiger partial charge in [-0.15, -0.1) is 0 Å². The van der Waals surface area contributed by atoms with Crippen molar-refractivity contribution in [3.63, 3.8) is 0 Å². The summed E-state index contributed by atoms with van der Waals surface area (Å²) in [6.07, 6.45) is 42.2. The van der Waals surface area contributed by atoms with Gasteiger partial charge in [0.15, 0.2) is 46.0 Å². The average Bonchev–Trinajstić information content (AvgIpc) is 1.61. The third kappa shape index (κ3) is 37.5. The van der Waals surface area contributed by atoms with Crippen LogP contribution in [0.2, 0.25) is 0 Å². The van der Waals surface area contributed by atoms with Crippen LogP contribution in [-0.4, -0.2) is 72.8 Å². The van der Waals surface area contributed by atoms with Crippen LogP contribution in [0.1, 0.15) is 343 Å². The number of rotatable bonds is 56. The van der Waals surface area contributed by atoms with E-state index < -0.39 is 0 Å². The molecular formula is C100H158N4O8. The summed E-state index contributed by atoms with van der Waals surface area (Å²) in [6, 6.07) is 8.41. The Morgan fingerprint density at radius 2 is 0.393 bits per heavy atom. The van der Waals surface area contributed by atoms with Crippen molar-refractivity contribution in [3.8, 4) is 23.0 Å². The predicted molar refractivity (Wildman–Crippen MR) is 480 cm³/mol. The van der Waals surface area contributed by atoms with Crippen LogP contribution < -0.4 is 18.9 Å². The monoisotopic (exact) mass is 1540 g/mol. The molecule has 8 atom stereocenters. The molecule has 0 amide bonds. The van der Waals surface area contributed by atoms with Crippen LogP contribution in [0.3, 0.4) is 0 Å². The summed E-state index contributed by atoms with van der Waals surface area (Å²) in [4.78, 5) is 19.4. The van der Waals surface area contributed by atoms with E-state index in [1.165, 1.54) is 44.6 Å². The number of H-pyrrole nitrogens is 2. The summed E-state index contributed by atoms with van der Waals surface area (Å²) in [5, 5.41) is 0. The van der Waals surface area contributed by atoms with Gasteiger partial charge in [0.1, 0.15) is 22.8 Å². The lowest BCUT2D eigenvalue weighted by atomic mass is 10.0. The highest BCUT2D eigenvalue weighted by Crippen LogP contribution is 2.45. The first-order chi connectivity index (χ1) is 53.5. The smallest absolute Gasteiger partial charge is 0.189 e. The van der Waals surface area contributed by atoms with E-state index in [0.717, 1.165) is 165 Å². The van der Waals surface area contributed by atoms with Gasteiger partial charge in [0, 0.05) is 0 Å². The number of hydrogen-bond donors (Lipinski definition) is 2. The van der Waals surface area contributed by atoms with Gasteiger partial charge in [-0.25, -0.2) is 9.97 Å². The fourth-order valence-corrected chi connectivity index (χ4v) is 13.7. The number of nitrogens with one attached hydrogen (secondary N) is 2. The minimum absolute atomic E-state index is 0.402. The van der Waals surface area contributed by atoms with E-state index in [1.54, 1.807) is 0 Å². The number of hydrogen-bond acceptors (Lipinski definition) is 10. The standard InChI is InChI=1S/C100H158N4O8/c1-69(2)33-25-41-77(17)49-57-105-93-85-65-87-95(107-59-51-79(19)43-27-35-71(5)6)97(109-61-53-81(21)45-29-37-73(9)10)89(102-87)67-91-99(111-63-55-83(23)47-31-39-75(13)14)100(112-64-56-84(24)48-32-40-76(15)16)92(104-91)68-90-98(110-62-54-82(22)46-30-38-74(11)12)96(108-60-52-80(20)44-28-36-72(7)8)88(103-90)66-86(101-85)94(93)106-58-50-78(18)42-26-34-70(3)4/h33-40,65-68,77-84,101-102H,25-32,41-64H2,1-24H3/t77-,78-,79-,80-,81-,82-,83-,84-/m0/s1. The maximum atomic E-state index is 7.32. The van der Waals surface area contributed by atoms with E-state index in [0.29, 0.717) is 180 Å². The molecule has 12 heteroatoms. The van der Waals surface area contributed by atoms with Crippen LogP contribution in [0.5, 0.6) is 23.0 Å². The molecule has 8 bridgehead atoms. The minimum Gasteiger partial charge on any atom is -0.488 e. The van der Waals surface area contributed by atoms with Gasteiger partial charge in [0.2, 0.25) is 0 Å².